The highest BCUT2D eigenvalue weighted by Crippen LogP contribution is 2.50. The van der Waals surface area contributed by atoms with Gasteiger partial charge in [-0.15, -0.1) is 0 Å². The van der Waals surface area contributed by atoms with Crippen molar-refractivity contribution in [3.8, 4) is 0 Å². The molecule has 2 N–H and O–H groups in total. The highest BCUT2D eigenvalue weighted by Gasteiger charge is 2.41. The molecule has 1 aromatic carbocycles. The topological polar surface area (TPSA) is 26.0 Å². The van der Waals surface area contributed by atoms with E-state index in [1.165, 1.54) is 6.07 Å². The van der Waals surface area contributed by atoms with Crippen molar-refractivity contribution in [3.05, 3.63) is 34.1 Å². The first kappa shape index (κ1) is 10.1. The minimum Gasteiger partial charge on any atom is -0.328 e. The van der Waals surface area contributed by atoms with Gasteiger partial charge in [-0.25, -0.2) is 4.39 Å². The van der Waals surface area contributed by atoms with Crippen molar-refractivity contribution in [1.82, 2.24) is 0 Å². The van der Waals surface area contributed by atoms with Gasteiger partial charge in [-0.1, -0.05) is 15.9 Å². The van der Waals surface area contributed by atoms with Gasteiger partial charge in [-0.05, 0) is 48.9 Å². The Bertz CT molecular complexity index is 351. The van der Waals surface area contributed by atoms with E-state index in [1.54, 1.807) is 12.1 Å². The summed E-state index contributed by atoms with van der Waals surface area (Å²) in [5.41, 5.74) is 6.87. The van der Waals surface area contributed by atoms with E-state index in [4.69, 9.17) is 5.73 Å². The number of halogens is 2. The summed E-state index contributed by atoms with van der Waals surface area (Å²) < 4.78 is 14.0. The molecule has 0 amide bonds. The van der Waals surface area contributed by atoms with Crippen LogP contribution in [0.4, 0.5) is 4.39 Å². The lowest BCUT2D eigenvalue weighted by Crippen LogP contribution is -2.18. The molecule has 1 saturated carbocycles. The summed E-state index contributed by atoms with van der Waals surface area (Å²) in [6, 6.07) is 5.05. The number of hydrogen-bond donors (Lipinski definition) is 1. The minimum atomic E-state index is -0.168. The molecule has 3 unspecified atom stereocenters. The Kier molecular flexibility index (Phi) is 2.62. The molecule has 0 spiro atoms. The highest BCUT2D eigenvalue weighted by molar-refractivity contribution is 9.10. The predicted molar refractivity (Wildman–Crippen MR) is 58.6 cm³/mol. The van der Waals surface area contributed by atoms with Gasteiger partial charge in [-0.2, -0.15) is 0 Å². The third-order valence-electron chi connectivity index (χ3n) is 2.87. The quantitative estimate of drug-likeness (QED) is 0.866. The average Bonchev–Trinajstić information content (AvgIpc) is 2.88. The largest absolute Gasteiger partial charge is 0.328 e. The summed E-state index contributed by atoms with van der Waals surface area (Å²) in [7, 11) is 0. The summed E-state index contributed by atoms with van der Waals surface area (Å²) in [5.74, 6) is 0.798. The highest BCUT2D eigenvalue weighted by atomic mass is 79.9. The summed E-state index contributed by atoms with van der Waals surface area (Å²) >= 11 is 3.44. The van der Waals surface area contributed by atoms with Crippen molar-refractivity contribution in [1.29, 1.82) is 0 Å². The van der Waals surface area contributed by atoms with Crippen LogP contribution < -0.4 is 5.73 Å². The molecule has 1 aliphatic rings. The van der Waals surface area contributed by atoms with Crippen molar-refractivity contribution < 1.29 is 4.39 Å². The molecule has 1 nitrogen and oxygen atoms in total. The summed E-state index contributed by atoms with van der Waals surface area (Å²) in [5, 5.41) is 0. The van der Waals surface area contributed by atoms with Gasteiger partial charge in [0, 0.05) is 10.5 Å². The van der Waals surface area contributed by atoms with Crippen LogP contribution in [-0.2, 0) is 0 Å². The van der Waals surface area contributed by atoms with Gasteiger partial charge in [0.15, 0.2) is 0 Å². The molecule has 3 atom stereocenters. The molecule has 1 aliphatic carbocycles. The average molecular weight is 258 g/mol. The normalized spacial score (nSPS) is 27.4. The molecule has 1 aromatic rings. The van der Waals surface area contributed by atoms with E-state index in [9.17, 15) is 4.39 Å². The molecule has 0 saturated heterocycles. The van der Waals surface area contributed by atoms with Crippen LogP contribution in [0.1, 0.15) is 24.8 Å². The molecular formula is C11H13BrFN. The second kappa shape index (κ2) is 3.63. The Morgan fingerprint density at radius 1 is 1.57 bits per heavy atom. The van der Waals surface area contributed by atoms with Crippen LogP contribution in [0.2, 0.25) is 0 Å². The van der Waals surface area contributed by atoms with Gasteiger partial charge in [0.1, 0.15) is 5.82 Å². The van der Waals surface area contributed by atoms with E-state index in [0.717, 1.165) is 16.5 Å². The van der Waals surface area contributed by atoms with Crippen molar-refractivity contribution in [2.75, 3.05) is 0 Å². The SMILES string of the molecule is CC(N)C1CC1c1cc(F)ccc1Br. The predicted octanol–water partition coefficient (Wildman–Crippen LogP) is 3.04. The van der Waals surface area contributed by atoms with Gasteiger partial charge in [0.05, 0.1) is 0 Å². The fourth-order valence-electron chi connectivity index (χ4n) is 1.95. The maximum atomic E-state index is 13.0. The molecule has 1 fully saturated rings. The molecule has 0 heterocycles. The first-order valence-corrected chi connectivity index (χ1v) is 5.59. The number of rotatable bonds is 2. The van der Waals surface area contributed by atoms with E-state index < -0.39 is 0 Å². The van der Waals surface area contributed by atoms with Crippen LogP contribution in [0.5, 0.6) is 0 Å². The molecule has 2 rings (SSSR count). The third kappa shape index (κ3) is 1.84. The van der Waals surface area contributed by atoms with Gasteiger partial charge >= 0.3 is 0 Å². The molecule has 0 aliphatic heterocycles. The summed E-state index contributed by atoms with van der Waals surface area (Å²) in [6.45, 7) is 2.01. The summed E-state index contributed by atoms with van der Waals surface area (Å²) in [6.07, 6.45) is 1.08. The van der Waals surface area contributed by atoms with Gasteiger partial charge in [0.25, 0.3) is 0 Å². The Labute approximate surface area is 91.6 Å². The number of nitrogens with two attached hydrogens (primary N) is 1. The molecular weight excluding hydrogens is 245 g/mol. The third-order valence-corrected chi connectivity index (χ3v) is 3.59. The molecule has 0 aromatic heterocycles. The van der Waals surface area contributed by atoms with E-state index in [-0.39, 0.29) is 11.9 Å². The Morgan fingerprint density at radius 3 is 2.86 bits per heavy atom. The lowest BCUT2D eigenvalue weighted by Gasteiger charge is -2.06. The number of hydrogen-bond acceptors (Lipinski definition) is 1. The number of benzene rings is 1. The molecule has 0 bridgehead atoms. The van der Waals surface area contributed by atoms with E-state index >= 15 is 0 Å². The van der Waals surface area contributed by atoms with Crippen molar-refractivity contribution >= 4 is 15.9 Å². The first-order chi connectivity index (χ1) is 6.59. The second-order valence-electron chi connectivity index (χ2n) is 4.03. The standard InChI is InChI=1S/C11H13BrFN/c1-6(14)8-5-9(8)10-4-7(13)2-3-11(10)12/h2-4,6,8-9H,5,14H2,1H3. The van der Waals surface area contributed by atoms with Crippen molar-refractivity contribution in [3.63, 3.8) is 0 Å². The Morgan fingerprint density at radius 2 is 2.29 bits per heavy atom. The van der Waals surface area contributed by atoms with Crippen LogP contribution in [0.15, 0.2) is 22.7 Å². The lowest BCUT2D eigenvalue weighted by molar-refractivity contribution is 0.615. The molecule has 3 heteroatoms. The van der Waals surface area contributed by atoms with Gasteiger partial charge in [0.2, 0.25) is 0 Å². The zero-order valence-electron chi connectivity index (χ0n) is 8.00. The smallest absolute Gasteiger partial charge is 0.123 e. The maximum absolute atomic E-state index is 13.0. The second-order valence-corrected chi connectivity index (χ2v) is 4.89. The summed E-state index contributed by atoms with van der Waals surface area (Å²) in [4.78, 5) is 0. The Balaban J connectivity index is 2.22. The fraction of sp³-hybridized carbons (Fsp3) is 0.455. The Hall–Kier alpha value is -0.410. The molecule has 14 heavy (non-hydrogen) atoms. The molecule has 76 valence electrons. The monoisotopic (exact) mass is 257 g/mol. The minimum absolute atomic E-state index is 0.168. The van der Waals surface area contributed by atoms with Crippen LogP contribution in [0.3, 0.4) is 0 Å². The van der Waals surface area contributed by atoms with E-state index in [2.05, 4.69) is 15.9 Å². The van der Waals surface area contributed by atoms with Crippen molar-refractivity contribution in [2.24, 2.45) is 11.7 Å². The van der Waals surface area contributed by atoms with Crippen LogP contribution in [0.25, 0.3) is 0 Å². The van der Waals surface area contributed by atoms with Gasteiger partial charge in [-0.3, -0.25) is 0 Å². The lowest BCUT2D eigenvalue weighted by atomic mass is 10.1. The first-order valence-electron chi connectivity index (χ1n) is 4.80. The van der Waals surface area contributed by atoms with Crippen LogP contribution >= 0.6 is 15.9 Å². The zero-order chi connectivity index (χ0) is 10.3. The van der Waals surface area contributed by atoms with Gasteiger partial charge < -0.3 is 5.73 Å². The van der Waals surface area contributed by atoms with E-state index in [0.29, 0.717) is 11.8 Å². The van der Waals surface area contributed by atoms with E-state index in [1.807, 2.05) is 6.92 Å². The van der Waals surface area contributed by atoms with Crippen molar-refractivity contribution in [2.45, 2.75) is 25.3 Å². The van der Waals surface area contributed by atoms with Crippen LogP contribution in [-0.4, -0.2) is 6.04 Å². The molecule has 0 radical (unpaired) electrons. The van der Waals surface area contributed by atoms with Crippen LogP contribution in [0, 0.1) is 11.7 Å². The zero-order valence-corrected chi connectivity index (χ0v) is 9.59. The maximum Gasteiger partial charge on any atom is 0.123 e. The fourth-order valence-corrected chi connectivity index (χ4v) is 2.49.